The van der Waals surface area contributed by atoms with E-state index in [2.05, 4.69) is 10.3 Å². The molecule has 0 spiro atoms. The highest BCUT2D eigenvalue weighted by Crippen LogP contribution is 2.45. The number of amides is 1. The zero-order valence-electron chi connectivity index (χ0n) is 13.5. The summed E-state index contributed by atoms with van der Waals surface area (Å²) >= 11 is 0. The molecule has 1 aliphatic carbocycles. The monoisotopic (exact) mass is 328 g/mol. The van der Waals surface area contributed by atoms with Crippen LogP contribution in [0.3, 0.4) is 0 Å². The number of carbonyl (C=O) groups excluding carboxylic acids is 1. The standard InChI is InChI=1S/C18H20N2O4/c1-12-2-4-13(5-3-12)14-10-19-16(24-14)7-6-15(21)20-11-18(8-9-18)17(22)23/h2-5,10H,6-9,11H2,1H3,(H,20,21)(H,22,23). The number of carboxylic acid groups (broad SMARTS) is 1. The maximum Gasteiger partial charge on any atom is 0.311 e. The van der Waals surface area contributed by atoms with Gasteiger partial charge in [0.1, 0.15) is 0 Å². The van der Waals surface area contributed by atoms with Crippen molar-refractivity contribution in [3.05, 3.63) is 41.9 Å². The van der Waals surface area contributed by atoms with Crippen LogP contribution in [0.1, 0.15) is 30.7 Å². The van der Waals surface area contributed by atoms with E-state index in [0.717, 1.165) is 5.56 Å². The Morgan fingerprint density at radius 1 is 1.29 bits per heavy atom. The third-order valence-corrected chi connectivity index (χ3v) is 4.39. The van der Waals surface area contributed by atoms with Crippen LogP contribution in [0.4, 0.5) is 0 Å². The van der Waals surface area contributed by atoms with Gasteiger partial charge in [-0.15, -0.1) is 0 Å². The van der Waals surface area contributed by atoms with Gasteiger partial charge < -0.3 is 14.8 Å². The minimum atomic E-state index is -0.835. The fraction of sp³-hybridized carbons (Fsp3) is 0.389. The van der Waals surface area contributed by atoms with Crippen LogP contribution >= 0.6 is 0 Å². The summed E-state index contributed by atoms with van der Waals surface area (Å²) in [6, 6.07) is 7.93. The Labute approximate surface area is 139 Å². The highest BCUT2D eigenvalue weighted by atomic mass is 16.4. The van der Waals surface area contributed by atoms with E-state index in [4.69, 9.17) is 9.52 Å². The molecular weight excluding hydrogens is 308 g/mol. The maximum absolute atomic E-state index is 11.9. The minimum Gasteiger partial charge on any atom is -0.481 e. The summed E-state index contributed by atoms with van der Waals surface area (Å²) in [6.45, 7) is 2.21. The zero-order valence-corrected chi connectivity index (χ0v) is 13.5. The minimum absolute atomic E-state index is 0.183. The Balaban J connectivity index is 1.49. The lowest BCUT2D eigenvalue weighted by atomic mass is 10.1. The Morgan fingerprint density at radius 3 is 2.62 bits per heavy atom. The molecule has 2 aromatic rings. The van der Waals surface area contributed by atoms with Crippen molar-refractivity contribution in [1.29, 1.82) is 0 Å². The molecule has 24 heavy (non-hydrogen) atoms. The molecule has 0 aliphatic heterocycles. The lowest BCUT2D eigenvalue weighted by Crippen LogP contribution is -2.34. The fourth-order valence-electron chi connectivity index (χ4n) is 2.47. The maximum atomic E-state index is 11.9. The molecule has 2 N–H and O–H groups in total. The Kier molecular flexibility index (Phi) is 4.38. The van der Waals surface area contributed by atoms with Gasteiger partial charge in [0.2, 0.25) is 5.91 Å². The van der Waals surface area contributed by atoms with Crippen molar-refractivity contribution < 1.29 is 19.1 Å². The number of hydrogen-bond donors (Lipinski definition) is 2. The molecule has 0 radical (unpaired) electrons. The number of nitrogens with zero attached hydrogens (tertiary/aromatic N) is 1. The predicted octanol–water partition coefficient (Wildman–Crippen LogP) is 2.56. The summed E-state index contributed by atoms with van der Waals surface area (Å²) < 4.78 is 5.67. The van der Waals surface area contributed by atoms with Gasteiger partial charge in [-0.3, -0.25) is 9.59 Å². The van der Waals surface area contributed by atoms with Crippen molar-refractivity contribution in [1.82, 2.24) is 10.3 Å². The zero-order chi connectivity index (χ0) is 17.2. The highest BCUT2D eigenvalue weighted by Gasteiger charge is 2.50. The first-order valence-corrected chi connectivity index (χ1v) is 8.00. The van der Waals surface area contributed by atoms with Crippen molar-refractivity contribution in [3.63, 3.8) is 0 Å². The largest absolute Gasteiger partial charge is 0.481 e. The van der Waals surface area contributed by atoms with Crippen molar-refractivity contribution >= 4 is 11.9 Å². The van der Waals surface area contributed by atoms with Crippen LogP contribution in [0.25, 0.3) is 11.3 Å². The van der Waals surface area contributed by atoms with Crippen molar-refractivity contribution in [2.45, 2.75) is 32.6 Å². The van der Waals surface area contributed by atoms with Gasteiger partial charge in [-0.2, -0.15) is 0 Å². The van der Waals surface area contributed by atoms with Crippen LogP contribution in [0.5, 0.6) is 0 Å². The van der Waals surface area contributed by atoms with Gasteiger partial charge in [-0.1, -0.05) is 29.8 Å². The molecule has 1 fully saturated rings. The quantitative estimate of drug-likeness (QED) is 0.815. The Bertz CT molecular complexity index is 745. The summed E-state index contributed by atoms with van der Waals surface area (Å²) in [7, 11) is 0. The summed E-state index contributed by atoms with van der Waals surface area (Å²) in [5.74, 6) is 0.157. The topological polar surface area (TPSA) is 92.4 Å². The molecule has 6 nitrogen and oxygen atoms in total. The average Bonchev–Trinajstić information content (AvgIpc) is 3.23. The number of carboxylic acids is 1. The second-order valence-electron chi connectivity index (χ2n) is 6.35. The van der Waals surface area contributed by atoms with Gasteiger partial charge in [0.15, 0.2) is 11.7 Å². The van der Waals surface area contributed by atoms with Crippen LogP contribution in [0, 0.1) is 12.3 Å². The second kappa shape index (κ2) is 6.47. The number of hydrogen-bond acceptors (Lipinski definition) is 4. The number of carbonyl (C=O) groups is 2. The first-order valence-electron chi connectivity index (χ1n) is 8.00. The average molecular weight is 328 g/mol. The van der Waals surface area contributed by atoms with Gasteiger partial charge >= 0.3 is 5.97 Å². The van der Waals surface area contributed by atoms with Crippen LogP contribution in [-0.4, -0.2) is 28.5 Å². The third-order valence-electron chi connectivity index (χ3n) is 4.39. The first-order chi connectivity index (χ1) is 11.5. The van der Waals surface area contributed by atoms with E-state index in [1.807, 2.05) is 31.2 Å². The third kappa shape index (κ3) is 3.64. The van der Waals surface area contributed by atoms with E-state index in [0.29, 0.717) is 30.9 Å². The van der Waals surface area contributed by atoms with Crippen LogP contribution < -0.4 is 5.32 Å². The van der Waals surface area contributed by atoms with Gasteiger partial charge in [-0.25, -0.2) is 4.98 Å². The summed E-state index contributed by atoms with van der Waals surface area (Å²) in [5.41, 5.74) is 1.38. The molecule has 0 saturated heterocycles. The number of aromatic nitrogens is 1. The lowest BCUT2D eigenvalue weighted by molar-refractivity contribution is -0.143. The normalized spacial score (nSPS) is 15.0. The van der Waals surface area contributed by atoms with E-state index in [1.54, 1.807) is 6.20 Å². The SMILES string of the molecule is Cc1ccc(-c2cnc(CCC(=O)NCC3(C(=O)O)CC3)o2)cc1. The molecule has 1 aromatic heterocycles. The number of nitrogens with one attached hydrogen (secondary N) is 1. The molecule has 0 unspecified atom stereocenters. The molecule has 6 heteroatoms. The smallest absolute Gasteiger partial charge is 0.311 e. The van der Waals surface area contributed by atoms with Crippen LogP contribution in [0.2, 0.25) is 0 Å². The predicted molar refractivity (Wildman–Crippen MR) is 87.3 cm³/mol. The van der Waals surface area contributed by atoms with E-state index in [9.17, 15) is 9.59 Å². The van der Waals surface area contributed by atoms with Crippen molar-refractivity contribution in [2.24, 2.45) is 5.41 Å². The fourth-order valence-corrected chi connectivity index (χ4v) is 2.47. The lowest BCUT2D eigenvalue weighted by Gasteiger charge is -2.10. The van der Waals surface area contributed by atoms with Gasteiger partial charge in [0, 0.05) is 24.9 Å². The second-order valence-corrected chi connectivity index (χ2v) is 6.35. The van der Waals surface area contributed by atoms with Crippen LogP contribution in [0.15, 0.2) is 34.9 Å². The molecule has 126 valence electrons. The highest BCUT2D eigenvalue weighted by molar-refractivity contribution is 5.81. The molecule has 3 rings (SSSR count). The number of oxazole rings is 1. The summed E-state index contributed by atoms with van der Waals surface area (Å²) in [5, 5.41) is 11.8. The van der Waals surface area contributed by atoms with Crippen molar-refractivity contribution in [3.8, 4) is 11.3 Å². The van der Waals surface area contributed by atoms with Crippen molar-refractivity contribution in [2.75, 3.05) is 6.54 Å². The molecule has 1 aliphatic rings. The summed E-state index contributed by atoms with van der Waals surface area (Å²) in [6.07, 6.45) is 3.52. The molecule has 1 heterocycles. The number of rotatable bonds is 7. The molecule has 1 saturated carbocycles. The number of aryl methyl sites for hydroxylation is 2. The van der Waals surface area contributed by atoms with Crippen LogP contribution in [-0.2, 0) is 16.0 Å². The molecule has 0 bridgehead atoms. The Hall–Kier alpha value is -2.63. The number of aliphatic carboxylic acids is 1. The van der Waals surface area contributed by atoms with E-state index in [-0.39, 0.29) is 18.9 Å². The molecule has 1 amide bonds. The Morgan fingerprint density at radius 2 is 2.00 bits per heavy atom. The molecule has 1 aromatic carbocycles. The number of benzene rings is 1. The summed E-state index contributed by atoms with van der Waals surface area (Å²) in [4.78, 5) is 27.1. The van der Waals surface area contributed by atoms with Gasteiger partial charge in [0.25, 0.3) is 0 Å². The molecular formula is C18H20N2O4. The van der Waals surface area contributed by atoms with Gasteiger partial charge in [0.05, 0.1) is 11.6 Å². The molecule has 0 atom stereocenters. The van der Waals surface area contributed by atoms with E-state index in [1.165, 1.54) is 5.56 Å². The van der Waals surface area contributed by atoms with Gasteiger partial charge in [-0.05, 0) is 19.8 Å². The first kappa shape index (κ1) is 16.2. The van der Waals surface area contributed by atoms with E-state index < -0.39 is 11.4 Å². The van der Waals surface area contributed by atoms with E-state index >= 15 is 0 Å².